The van der Waals surface area contributed by atoms with E-state index in [0.29, 0.717) is 11.3 Å². The van der Waals surface area contributed by atoms with E-state index in [1.165, 1.54) is 7.11 Å². The molecule has 2 rings (SSSR count). The first-order valence-electron chi connectivity index (χ1n) is 5.71. The summed E-state index contributed by atoms with van der Waals surface area (Å²) in [4.78, 5) is 0. The van der Waals surface area contributed by atoms with Gasteiger partial charge in [0.05, 0.1) is 13.7 Å². The van der Waals surface area contributed by atoms with Crippen LogP contribution in [-0.4, -0.2) is 35.1 Å². The monoisotopic (exact) mass is 248 g/mol. The van der Waals surface area contributed by atoms with Gasteiger partial charge in [0.25, 0.3) is 0 Å². The van der Waals surface area contributed by atoms with Gasteiger partial charge in [-0.15, -0.1) is 0 Å². The molecule has 4 nitrogen and oxygen atoms in total. The second-order valence-electron chi connectivity index (χ2n) is 4.10. The largest absolute Gasteiger partial charge is 0.496 e. The summed E-state index contributed by atoms with van der Waals surface area (Å²) in [7, 11) is 1.51. The van der Waals surface area contributed by atoms with Crippen molar-refractivity contribution in [1.29, 1.82) is 0 Å². The number of hydrogen-bond donors (Lipinski definition) is 3. The van der Waals surface area contributed by atoms with E-state index in [-0.39, 0.29) is 0 Å². The minimum atomic E-state index is -1.23. The minimum Gasteiger partial charge on any atom is -0.496 e. The molecule has 0 saturated carbocycles. The fraction of sp³-hybridized carbons (Fsp3) is 0.286. The predicted octanol–water partition coefficient (Wildman–Crippen LogP) is 1.23. The van der Waals surface area contributed by atoms with E-state index in [1.54, 1.807) is 6.07 Å². The summed E-state index contributed by atoms with van der Waals surface area (Å²) in [5.74, 6) is 0.494. The molecule has 0 aliphatic heterocycles. The van der Waals surface area contributed by atoms with Crippen LogP contribution in [0.15, 0.2) is 36.4 Å². The highest BCUT2D eigenvalue weighted by Gasteiger charge is 2.23. The average Bonchev–Trinajstić information content (AvgIpc) is 2.44. The minimum absolute atomic E-state index is 0.494. The second-order valence-corrected chi connectivity index (χ2v) is 4.10. The second kappa shape index (κ2) is 5.35. The van der Waals surface area contributed by atoms with E-state index in [2.05, 4.69) is 0 Å². The molecule has 0 fully saturated rings. The van der Waals surface area contributed by atoms with Crippen LogP contribution in [-0.2, 0) is 0 Å². The first kappa shape index (κ1) is 12.8. The third-order valence-electron chi connectivity index (χ3n) is 3.00. The molecular weight excluding hydrogens is 232 g/mol. The Labute approximate surface area is 105 Å². The van der Waals surface area contributed by atoms with Crippen molar-refractivity contribution < 1.29 is 20.1 Å². The van der Waals surface area contributed by atoms with Gasteiger partial charge >= 0.3 is 0 Å². The molecule has 18 heavy (non-hydrogen) atoms. The first-order valence-corrected chi connectivity index (χ1v) is 5.71. The molecule has 0 amide bonds. The number of ether oxygens (including phenoxy) is 1. The van der Waals surface area contributed by atoms with Crippen molar-refractivity contribution in [3.8, 4) is 5.75 Å². The molecule has 0 bridgehead atoms. The number of methoxy groups -OCH3 is 1. The van der Waals surface area contributed by atoms with Gasteiger partial charge in [-0.2, -0.15) is 0 Å². The summed E-state index contributed by atoms with van der Waals surface area (Å²) in [6, 6.07) is 11.1. The Morgan fingerprint density at radius 3 is 2.50 bits per heavy atom. The van der Waals surface area contributed by atoms with E-state index in [1.807, 2.05) is 30.3 Å². The van der Waals surface area contributed by atoms with Gasteiger partial charge in [-0.3, -0.25) is 0 Å². The third kappa shape index (κ3) is 2.18. The van der Waals surface area contributed by atoms with Crippen LogP contribution in [0.1, 0.15) is 11.7 Å². The number of aliphatic hydroxyl groups is 3. The molecule has 0 aliphatic rings. The molecule has 0 heterocycles. The molecule has 96 valence electrons. The molecule has 0 aromatic heterocycles. The Morgan fingerprint density at radius 2 is 1.83 bits per heavy atom. The van der Waals surface area contributed by atoms with Gasteiger partial charge in [0.15, 0.2) is 0 Å². The summed E-state index contributed by atoms with van der Waals surface area (Å²) >= 11 is 0. The molecule has 0 radical (unpaired) electrons. The number of fused-ring (bicyclic) bond motifs is 1. The lowest BCUT2D eigenvalue weighted by Crippen LogP contribution is -2.22. The predicted molar refractivity (Wildman–Crippen MR) is 68.6 cm³/mol. The zero-order valence-corrected chi connectivity index (χ0v) is 10.1. The van der Waals surface area contributed by atoms with Crippen molar-refractivity contribution >= 4 is 10.8 Å². The fourth-order valence-corrected chi connectivity index (χ4v) is 2.05. The quantitative estimate of drug-likeness (QED) is 0.761. The molecule has 0 spiro atoms. The molecule has 2 aromatic rings. The van der Waals surface area contributed by atoms with Crippen LogP contribution in [0.25, 0.3) is 10.8 Å². The lowest BCUT2D eigenvalue weighted by atomic mass is 9.96. The smallest absolute Gasteiger partial charge is 0.125 e. The van der Waals surface area contributed by atoms with Gasteiger partial charge in [-0.05, 0) is 16.8 Å². The molecule has 3 N–H and O–H groups in total. The lowest BCUT2D eigenvalue weighted by Gasteiger charge is -2.20. The van der Waals surface area contributed by atoms with Crippen molar-refractivity contribution in [3.63, 3.8) is 0 Å². The Balaban J connectivity index is 2.64. The zero-order valence-electron chi connectivity index (χ0n) is 10.1. The van der Waals surface area contributed by atoms with Crippen molar-refractivity contribution in [3.05, 3.63) is 42.0 Å². The third-order valence-corrected chi connectivity index (χ3v) is 3.00. The van der Waals surface area contributed by atoms with Gasteiger partial charge in [-0.25, -0.2) is 0 Å². The lowest BCUT2D eigenvalue weighted by molar-refractivity contribution is -0.0154. The highest BCUT2D eigenvalue weighted by Crippen LogP contribution is 2.34. The zero-order chi connectivity index (χ0) is 13.1. The number of benzene rings is 2. The molecule has 0 aliphatic carbocycles. The summed E-state index contributed by atoms with van der Waals surface area (Å²) in [5.41, 5.74) is 0.497. The summed E-state index contributed by atoms with van der Waals surface area (Å²) in [6.07, 6.45) is -2.42. The van der Waals surface area contributed by atoms with Gasteiger partial charge in [0, 0.05) is 5.56 Å². The van der Waals surface area contributed by atoms with Crippen LogP contribution in [0.5, 0.6) is 5.75 Å². The molecule has 2 atom stereocenters. The van der Waals surface area contributed by atoms with Gasteiger partial charge in [-0.1, -0.05) is 30.3 Å². The Bertz CT molecular complexity index is 538. The SMILES string of the molecule is COc1ccc2ccccc2c1C(O)C(O)CO. The van der Waals surface area contributed by atoms with Crippen molar-refractivity contribution in [2.75, 3.05) is 13.7 Å². The number of rotatable bonds is 4. The van der Waals surface area contributed by atoms with Crippen LogP contribution < -0.4 is 4.74 Å². The van der Waals surface area contributed by atoms with Crippen LogP contribution >= 0.6 is 0 Å². The molecule has 4 heteroatoms. The first-order chi connectivity index (χ1) is 8.69. The molecule has 2 aromatic carbocycles. The highest BCUT2D eigenvalue weighted by atomic mass is 16.5. The van der Waals surface area contributed by atoms with E-state index in [4.69, 9.17) is 9.84 Å². The Morgan fingerprint density at radius 1 is 1.11 bits per heavy atom. The van der Waals surface area contributed by atoms with Crippen molar-refractivity contribution in [2.24, 2.45) is 0 Å². The van der Waals surface area contributed by atoms with E-state index in [0.717, 1.165) is 10.8 Å². The highest BCUT2D eigenvalue weighted by molar-refractivity contribution is 5.88. The summed E-state index contributed by atoms with van der Waals surface area (Å²) in [6.45, 7) is -0.506. The van der Waals surface area contributed by atoms with E-state index in [9.17, 15) is 10.2 Å². The number of aliphatic hydroxyl groups excluding tert-OH is 3. The topological polar surface area (TPSA) is 69.9 Å². The van der Waals surface area contributed by atoms with Crippen molar-refractivity contribution in [2.45, 2.75) is 12.2 Å². The summed E-state index contributed by atoms with van der Waals surface area (Å²) in [5, 5.41) is 30.4. The Hall–Kier alpha value is -1.62. The maximum absolute atomic E-state index is 10.1. The van der Waals surface area contributed by atoms with Gasteiger partial charge in [0.2, 0.25) is 0 Å². The van der Waals surface area contributed by atoms with Crippen LogP contribution in [0.3, 0.4) is 0 Å². The van der Waals surface area contributed by atoms with Crippen LogP contribution in [0.2, 0.25) is 0 Å². The fourth-order valence-electron chi connectivity index (χ4n) is 2.05. The van der Waals surface area contributed by atoms with Crippen molar-refractivity contribution in [1.82, 2.24) is 0 Å². The van der Waals surface area contributed by atoms with E-state index < -0.39 is 18.8 Å². The standard InChI is InChI=1S/C14H16O4/c1-18-12-7-6-9-4-2-3-5-10(9)13(12)14(17)11(16)8-15/h2-7,11,14-17H,8H2,1H3. The maximum atomic E-state index is 10.1. The average molecular weight is 248 g/mol. The Kier molecular flexibility index (Phi) is 3.81. The maximum Gasteiger partial charge on any atom is 0.125 e. The van der Waals surface area contributed by atoms with Crippen LogP contribution in [0.4, 0.5) is 0 Å². The molecule has 0 saturated heterocycles. The summed E-state index contributed by atoms with van der Waals surface area (Å²) < 4.78 is 5.22. The van der Waals surface area contributed by atoms with Crippen LogP contribution in [0, 0.1) is 0 Å². The van der Waals surface area contributed by atoms with E-state index >= 15 is 0 Å². The molecular formula is C14H16O4. The molecule has 2 unspecified atom stereocenters. The van der Waals surface area contributed by atoms with Gasteiger partial charge < -0.3 is 20.1 Å². The number of hydrogen-bond acceptors (Lipinski definition) is 4. The van der Waals surface area contributed by atoms with Gasteiger partial charge in [0.1, 0.15) is 18.0 Å². The normalized spacial score (nSPS) is 14.4.